The zero-order valence-electron chi connectivity index (χ0n) is 10.5. The summed E-state index contributed by atoms with van der Waals surface area (Å²) in [6.45, 7) is 0.707. The molecule has 1 aliphatic rings. The van der Waals surface area contributed by atoms with E-state index in [1.165, 1.54) is 11.6 Å². The predicted octanol–water partition coefficient (Wildman–Crippen LogP) is 0.262. The Morgan fingerprint density at radius 2 is 1.63 bits per heavy atom. The summed E-state index contributed by atoms with van der Waals surface area (Å²) in [4.78, 5) is 0. The molecule has 0 aliphatic heterocycles. The van der Waals surface area contributed by atoms with E-state index < -0.39 is 18.3 Å². The van der Waals surface area contributed by atoms with E-state index in [0.717, 1.165) is 6.42 Å². The third-order valence-electron chi connectivity index (χ3n) is 3.22. The van der Waals surface area contributed by atoms with Crippen LogP contribution < -0.4 is 5.32 Å². The largest absolute Gasteiger partial charge is 0.388 e. The van der Waals surface area contributed by atoms with Gasteiger partial charge in [0.25, 0.3) is 0 Å². The fraction of sp³-hybridized carbons (Fsp3) is 0.429. The molecule has 0 amide bonds. The van der Waals surface area contributed by atoms with Crippen LogP contribution in [0.4, 0.5) is 0 Å². The van der Waals surface area contributed by atoms with Gasteiger partial charge in [-0.15, -0.1) is 12.4 Å². The van der Waals surface area contributed by atoms with Crippen molar-refractivity contribution < 1.29 is 15.3 Å². The zero-order valence-corrected chi connectivity index (χ0v) is 11.3. The Morgan fingerprint density at radius 3 is 2.32 bits per heavy atom. The van der Waals surface area contributed by atoms with Crippen LogP contribution in [0.25, 0.3) is 0 Å². The highest BCUT2D eigenvalue weighted by Gasteiger charge is 2.32. The number of aliphatic hydroxyl groups excluding tert-OH is 3. The Bertz CT molecular complexity index is 399. The molecule has 0 bridgehead atoms. The molecule has 0 fully saturated rings. The van der Waals surface area contributed by atoms with Gasteiger partial charge in [0, 0.05) is 0 Å². The van der Waals surface area contributed by atoms with Gasteiger partial charge in [-0.2, -0.15) is 0 Å². The number of hydrogen-bond donors (Lipinski definition) is 4. The average Bonchev–Trinajstić information content (AvgIpc) is 2.40. The first-order chi connectivity index (χ1) is 8.68. The van der Waals surface area contributed by atoms with E-state index in [2.05, 4.69) is 5.32 Å². The second-order valence-electron chi connectivity index (χ2n) is 4.57. The summed E-state index contributed by atoms with van der Waals surface area (Å²) in [5.41, 5.74) is 1.22. The van der Waals surface area contributed by atoms with Crippen molar-refractivity contribution in [2.24, 2.45) is 0 Å². The van der Waals surface area contributed by atoms with Gasteiger partial charge in [-0.25, -0.2) is 0 Å². The van der Waals surface area contributed by atoms with Gasteiger partial charge in [0.2, 0.25) is 0 Å². The van der Waals surface area contributed by atoms with E-state index in [1.54, 1.807) is 6.08 Å². The quantitative estimate of drug-likeness (QED) is 0.599. The molecule has 0 heterocycles. The summed E-state index contributed by atoms with van der Waals surface area (Å²) < 4.78 is 0. The Morgan fingerprint density at radius 1 is 0.947 bits per heavy atom. The van der Waals surface area contributed by atoms with Crippen molar-refractivity contribution in [3.8, 4) is 0 Å². The first kappa shape index (κ1) is 16.1. The van der Waals surface area contributed by atoms with Crippen molar-refractivity contribution in [1.29, 1.82) is 0 Å². The molecule has 2 rings (SSSR count). The van der Waals surface area contributed by atoms with Crippen LogP contribution in [-0.2, 0) is 6.42 Å². The molecule has 4 atom stereocenters. The molecular formula is C14H20ClNO3. The minimum atomic E-state index is -1.12. The number of halogens is 1. The van der Waals surface area contributed by atoms with Gasteiger partial charge < -0.3 is 20.6 Å². The maximum absolute atomic E-state index is 9.78. The first-order valence-electron chi connectivity index (χ1n) is 6.18. The van der Waals surface area contributed by atoms with Crippen LogP contribution in [0.5, 0.6) is 0 Å². The Labute approximate surface area is 119 Å². The standard InChI is InChI=1S/C14H19NO3.ClH/c16-12-7-6-11(13(17)14(12)18)15-9-8-10-4-2-1-3-5-10;/h1-7,11-18H,8-9H2;1H/t11-,12+,13+,14+;/m0./s1. The molecule has 4 N–H and O–H groups in total. The predicted molar refractivity (Wildman–Crippen MR) is 76.3 cm³/mol. The molecule has 0 spiro atoms. The Kier molecular flexibility index (Phi) is 6.48. The molecule has 106 valence electrons. The number of aliphatic hydroxyl groups is 3. The smallest absolute Gasteiger partial charge is 0.111 e. The van der Waals surface area contributed by atoms with Gasteiger partial charge in [0.15, 0.2) is 0 Å². The van der Waals surface area contributed by atoms with E-state index >= 15 is 0 Å². The van der Waals surface area contributed by atoms with Crippen molar-refractivity contribution in [3.63, 3.8) is 0 Å². The topological polar surface area (TPSA) is 72.7 Å². The summed E-state index contributed by atoms with van der Waals surface area (Å²) >= 11 is 0. The maximum atomic E-state index is 9.78. The third-order valence-corrected chi connectivity index (χ3v) is 3.22. The van der Waals surface area contributed by atoms with E-state index in [1.807, 2.05) is 30.3 Å². The van der Waals surface area contributed by atoms with Crippen LogP contribution in [0.2, 0.25) is 0 Å². The fourth-order valence-corrected chi connectivity index (χ4v) is 2.09. The second-order valence-corrected chi connectivity index (χ2v) is 4.57. The zero-order chi connectivity index (χ0) is 13.0. The molecule has 1 aromatic rings. The minimum absolute atomic E-state index is 0. The van der Waals surface area contributed by atoms with E-state index in [9.17, 15) is 15.3 Å². The van der Waals surface area contributed by atoms with Crippen LogP contribution >= 0.6 is 12.4 Å². The maximum Gasteiger partial charge on any atom is 0.111 e. The molecule has 5 heteroatoms. The van der Waals surface area contributed by atoms with Gasteiger partial charge in [-0.05, 0) is 18.5 Å². The highest BCUT2D eigenvalue weighted by atomic mass is 35.5. The minimum Gasteiger partial charge on any atom is -0.388 e. The van der Waals surface area contributed by atoms with E-state index in [0.29, 0.717) is 6.54 Å². The fourth-order valence-electron chi connectivity index (χ4n) is 2.09. The Balaban J connectivity index is 0.00000180. The SMILES string of the molecule is Cl.O[C@H]1[C@H](O)[C@@H](NCCc2ccccc2)C=C[C@H]1O. The monoisotopic (exact) mass is 285 g/mol. The average molecular weight is 286 g/mol. The van der Waals surface area contributed by atoms with Crippen molar-refractivity contribution in [1.82, 2.24) is 5.32 Å². The second kappa shape index (κ2) is 7.62. The number of benzene rings is 1. The highest BCUT2D eigenvalue weighted by Crippen LogP contribution is 2.13. The van der Waals surface area contributed by atoms with Gasteiger partial charge in [0.05, 0.1) is 6.04 Å². The molecule has 0 radical (unpaired) electrons. The normalized spacial score (nSPS) is 29.8. The summed E-state index contributed by atoms with van der Waals surface area (Å²) in [7, 11) is 0. The van der Waals surface area contributed by atoms with Crippen LogP contribution in [0, 0.1) is 0 Å². The molecule has 1 aliphatic carbocycles. The molecule has 4 nitrogen and oxygen atoms in total. The van der Waals surface area contributed by atoms with Gasteiger partial charge in [-0.1, -0.05) is 42.5 Å². The van der Waals surface area contributed by atoms with Crippen LogP contribution in [0.3, 0.4) is 0 Å². The molecule has 0 aromatic heterocycles. The van der Waals surface area contributed by atoms with E-state index in [4.69, 9.17) is 0 Å². The number of nitrogens with one attached hydrogen (secondary N) is 1. The molecule has 1 aromatic carbocycles. The summed E-state index contributed by atoms with van der Waals surface area (Å²) in [6, 6.07) is 9.74. The van der Waals surface area contributed by atoms with E-state index in [-0.39, 0.29) is 18.4 Å². The van der Waals surface area contributed by atoms with Crippen molar-refractivity contribution in [2.75, 3.05) is 6.54 Å². The lowest BCUT2D eigenvalue weighted by atomic mass is 9.94. The molecule has 0 saturated carbocycles. The lowest BCUT2D eigenvalue weighted by Crippen LogP contribution is -2.52. The Hall–Kier alpha value is -0.910. The summed E-state index contributed by atoms with van der Waals surface area (Å²) in [6.07, 6.45) is 0.999. The van der Waals surface area contributed by atoms with Crippen molar-refractivity contribution >= 4 is 12.4 Å². The van der Waals surface area contributed by atoms with Gasteiger partial charge >= 0.3 is 0 Å². The number of rotatable bonds is 4. The first-order valence-corrected chi connectivity index (χ1v) is 6.18. The van der Waals surface area contributed by atoms with Crippen LogP contribution in [-0.4, -0.2) is 46.2 Å². The summed E-state index contributed by atoms with van der Waals surface area (Å²) in [5, 5.41) is 31.8. The summed E-state index contributed by atoms with van der Waals surface area (Å²) in [5.74, 6) is 0. The molecule has 0 unspecified atom stereocenters. The van der Waals surface area contributed by atoms with Gasteiger partial charge in [0.1, 0.15) is 18.3 Å². The van der Waals surface area contributed by atoms with Crippen LogP contribution in [0.15, 0.2) is 42.5 Å². The molecule has 0 saturated heterocycles. The molecule has 19 heavy (non-hydrogen) atoms. The third kappa shape index (κ3) is 4.30. The number of hydrogen-bond acceptors (Lipinski definition) is 4. The lowest BCUT2D eigenvalue weighted by molar-refractivity contribution is -0.0564. The van der Waals surface area contributed by atoms with Gasteiger partial charge in [-0.3, -0.25) is 0 Å². The molecular weight excluding hydrogens is 266 g/mol. The lowest BCUT2D eigenvalue weighted by Gasteiger charge is -2.31. The van der Waals surface area contributed by atoms with Crippen molar-refractivity contribution in [3.05, 3.63) is 48.0 Å². The highest BCUT2D eigenvalue weighted by molar-refractivity contribution is 5.85. The van der Waals surface area contributed by atoms with Crippen molar-refractivity contribution in [2.45, 2.75) is 30.8 Å². The van der Waals surface area contributed by atoms with Crippen LogP contribution in [0.1, 0.15) is 5.56 Å².